The standard InChI is InChI=1S/C18H23N2S/c1-2-3-4-5-6-10-13-21-18-19-14-17(15-20-18)16-11-8-7-9-12-16/h8-9,11-12,14-15H,2-6,10,13H2,1H3. The van der Waals surface area contributed by atoms with E-state index in [2.05, 4.69) is 23.0 Å². The lowest BCUT2D eigenvalue weighted by Crippen LogP contribution is -1.89. The third kappa shape index (κ3) is 5.88. The quantitative estimate of drug-likeness (QED) is 0.352. The highest BCUT2D eigenvalue weighted by Crippen LogP contribution is 2.20. The summed E-state index contributed by atoms with van der Waals surface area (Å²) in [6.45, 7) is 2.25. The van der Waals surface area contributed by atoms with Crippen molar-refractivity contribution in [2.24, 2.45) is 0 Å². The number of thioether (sulfide) groups is 1. The highest BCUT2D eigenvalue weighted by Gasteiger charge is 2.01. The van der Waals surface area contributed by atoms with Gasteiger partial charge in [-0.05, 0) is 18.1 Å². The molecule has 0 unspecified atom stereocenters. The normalized spacial score (nSPS) is 10.7. The summed E-state index contributed by atoms with van der Waals surface area (Å²) >= 11 is 1.76. The smallest absolute Gasteiger partial charge is 0.187 e. The van der Waals surface area contributed by atoms with Gasteiger partial charge in [0.15, 0.2) is 5.16 Å². The number of hydrogen-bond acceptors (Lipinski definition) is 3. The van der Waals surface area contributed by atoms with Crippen LogP contribution in [0.25, 0.3) is 11.1 Å². The molecule has 0 bridgehead atoms. The second kappa shape index (κ2) is 9.56. The van der Waals surface area contributed by atoms with Gasteiger partial charge in [0.25, 0.3) is 0 Å². The van der Waals surface area contributed by atoms with Gasteiger partial charge >= 0.3 is 0 Å². The first-order valence-electron chi connectivity index (χ1n) is 7.81. The summed E-state index contributed by atoms with van der Waals surface area (Å²) in [6.07, 6.45) is 11.8. The Kier molecular flexibility index (Phi) is 7.30. The molecule has 0 saturated heterocycles. The van der Waals surface area contributed by atoms with Gasteiger partial charge in [0.05, 0.1) is 0 Å². The van der Waals surface area contributed by atoms with Gasteiger partial charge in [-0.15, -0.1) is 0 Å². The Bertz CT molecular complexity index is 496. The molecule has 1 aromatic carbocycles. The summed E-state index contributed by atoms with van der Waals surface area (Å²) in [4.78, 5) is 8.89. The van der Waals surface area contributed by atoms with Crippen molar-refractivity contribution >= 4 is 11.8 Å². The predicted molar refractivity (Wildman–Crippen MR) is 90.4 cm³/mol. The maximum absolute atomic E-state index is 4.44. The summed E-state index contributed by atoms with van der Waals surface area (Å²) in [5, 5.41) is 0.884. The first-order valence-corrected chi connectivity index (χ1v) is 8.80. The molecule has 0 spiro atoms. The fourth-order valence-corrected chi connectivity index (χ4v) is 2.95. The van der Waals surface area contributed by atoms with Crippen molar-refractivity contribution < 1.29 is 0 Å². The molecule has 0 N–H and O–H groups in total. The number of benzene rings is 1. The van der Waals surface area contributed by atoms with Gasteiger partial charge in [0.1, 0.15) is 0 Å². The lowest BCUT2D eigenvalue weighted by atomic mass is 10.1. The average Bonchev–Trinajstić information content (AvgIpc) is 2.55. The van der Waals surface area contributed by atoms with Crippen LogP contribution in [0.3, 0.4) is 0 Å². The first kappa shape index (κ1) is 16.0. The van der Waals surface area contributed by atoms with Crippen LogP contribution in [0.1, 0.15) is 45.4 Å². The molecule has 2 rings (SSSR count). The number of aromatic nitrogens is 2. The van der Waals surface area contributed by atoms with Gasteiger partial charge in [0.2, 0.25) is 0 Å². The highest BCUT2D eigenvalue weighted by molar-refractivity contribution is 7.99. The van der Waals surface area contributed by atoms with E-state index in [0.29, 0.717) is 0 Å². The van der Waals surface area contributed by atoms with Gasteiger partial charge < -0.3 is 0 Å². The molecular formula is C18H23N2S. The molecule has 0 aliphatic rings. The van der Waals surface area contributed by atoms with Crippen LogP contribution in [0.15, 0.2) is 41.8 Å². The number of nitrogens with zero attached hydrogens (tertiary/aromatic N) is 2. The molecule has 111 valence electrons. The third-order valence-corrected chi connectivity index (χ3v) is 4.37. The van der Waals surface area contributed by atoms with Crippen molar-refractivity contribution in [2.45, 2.75) is 50.6 Å². The van der Waals surface area contributed by atoms with Gasteiger partial charge in [-0.25, -0.2) is 9.97 Å². The monoisotopic (exact) mass is 299 g/mol. The second-order valence-corrected chi connectivity index (χ2v) is 6.22. The number of rotatable bonds is 9. The van der Waals surface area contributed by atoms with E-state index < -0.39 is 0 Å². The number of unbranched alkanes of at least 4 members (excludes halogenated alkanes) is 5. The minimum Gasteiger partial charge on any atom is -0.230 e. The lowest BCUT2D eigenvalue weighted by molar-refractivity contribution is 0.627. The van der Waals surface area contributed by atoms with Gasteiger partial charge in [-0.3, -0.25) is 0 Å². The predicted octanol–water partition coefficient (Wildman–Crippen LogP) is 5.40. The minimum absolute atomic E-state index is 0.884. The van der Waals surface area contributed by atoms with Gasteiger partial charge in [-0.2, -0.15) is 0 Å². The highest BCUT2D eigenvalue weighted by atomic mass is 32.2. The molecule has 0 atom stereocenters. The molecule has 1 radical (unpaired) electrons. The molecule has 1 aromatic heterocycles. The summed E-state index contributed by atoms with van der Waals surface area (Å²) in [5.74, 6) is 1.12. The maximum atomic E-state index is 4.44. The topological polar surface area (TPSA) is 25.8 Å². The van der Waals surface area contributed by atoms with E-state index in [1.807, 2.05) is 36.7 Å². The van der Waals surface area contributed by atoms with Crippen LogP contribution >= 0.6 is 11.8 Å². The zero-order valence-electron chi connectivity index (χ0n) is 12.7. The largest absolute Gasteiger partial charge is 0.230 e. The van der Waals surface area contributed by atoms with Crippen molar-refractivity contribution in [3.05, 3.63) is 42.7 Å². The van der Waals surface area contributed by atoms with Crippen molar-refractivity contribution in [3.8, 4) is 11.1 Å². The van der Waals surface area contributed by atoms with E-state index in [1.165, 1.54) is 38.5 Å². The summed E-state index contributed by atoms with van der Waals surface area (Å²) in [7, 11) is 0. The van der Waals surface area contributed by atoms with Crippen LogP contribution in [0.2, 0.25) is 0 Å². The zero-order chi connectivity index (χ0) is 14.8. The SMILES string of the molecule is CCCCCCCCSc1ncc(-c2cc[c]cc2)cn1. The van der Waals surface area contributed by atoms with Crippen LogP contribution < -0.4 is 0 Å². The Morgan fingerprint density at radius 1 is 0.905 bits per heavy atom. The van der Waals surface area contributed by atoms with Crippen molar-refractivity contribution in [3.63, 3.8) is 0 Å². The molecular weight excluding hydrogens is 276 g/mol. The molecule has 2 nitrogen and oxygen atoms in total. The molecule has 21 heavy (non-hydrogen) atoms. The molecule has 0 saturated carbocycles. The van der Waals surface area contributed by atoms with Crippen molar-refractivity contribution in [1.29, 1.82) is 0 Å². The fraction of sp³-hybridized carbons (Fsp3) is 0.444. The Labute approximate surface area is 132 Å². The molecule has 3 heteroatoms. The van der Waals surface area contributed by atoms with E-state index >= 15 is 0 Å². The van der Waals surface area contributed by atoms with Crippen LogP contribution in [-0.2, 0) is 0 Å². The van der Waals surface area contributed by atoms with Crippen molar-refractivity contribution in [2.75, 3.05) is 5.75 Å². The molecule has 0 aliphatic heterocycles. The fourth-order valence-electron chi connectivity index (χ4n) is 2.16. The molecule has 0 amide bonds. The van der Waals surface area contributed by atoms with E-state index in [1.54, 1.807) is 11.8 Å². The van der Waals surface area contributed by atoms with E-state index in [-0.39, 0.29) is 0 Å². The van der Waals surface area contributed by atoms with E-state index in [4.69, 9.17) is 0 Å². The first-order chi connectivity index (χ1) is 10.4. The maximum Gasteiger partial charge on any atom is 0.187 e. The van der Waals surface area contributed by atoms with Crippen LogP contribution in [0.4, 0.5) is 0 Å². The summed E-state index contributed by atoms with van der Waals surface area (Å²) in [6, 6.07) is 10.9. The average molecular weight is 299 g/mol. The Morgan fingerprint density at radius 2 is 1.57 bits per heavy atom. The number of hydrogen-bond donors (Lipinski definition) is 0. The lowest BCUT2D eigenvalue weighted by Gasteiger charge is -2.03. The van der Waals surface area contributed by atoms with E-state index in [0.717, 1.165) is 22.0 Å². The van der Waals surface area contributed by atoms with Gasteiger partial charge in [-0.1, -0.05) is 75.1 Å². The molecule has 1 heterocycles. The van der Waals surface area contributed by atoms with Crippen molar-refractivity contribution in [1.82, 2.24) is 9.97 Å². The van der Waals surface area contributed by atoms with Crippen LogP contribution in [0.5, 0.6) is 0 Å². The third-order valence-electron chi connectivity index (χ3n) is 3.41. The van der Waals surface area contributed by atoms with Crippen LogP contribution in [0, 0.1) is 6.07 Å². The van der Waals surface area contributed by atoms with E-state index in [9.17, 15) is 0 Å². The summed E-state index contributed by atoms with van der Waals surface area (Å²) < 4.78 is 0. The molecule has 0 fully saturated rings. The van der Waals surface area contributed by atoms with Crippen LogP contribution in [-0.4, -0.2) is 15.7 Å². The minimum atomic E-state index is 0.884. The molecule has 2 aromatic rings. The molecule has 0 aliphatic carbocycles. The van der Waals surface area contributed by atoms with Gasteiger partial charge in [0, 0.05) is 23.7 Å². The Balaban J connectivity index is 1.71. The second-order valence-electron chi connectivity index (χ2n) is 5.16. The Morgan fingerprint density at radius 3 is 2.29 bits per heavy atom. The summed E-state index contributed by atoms with van der Waals surface area (Å²) in [5.41, 5.74) is 2.20. The zero-order valence-corrected chi connectivity index (χ0v) is 13.5. The Hall–Kier alpha value is -1.35.